The highest BCUT2D eigenvalue weighted by Gasteiger charge is 2.39. The van der Waals surface area contributed by atoms with Gasteiger partial charge in [-0.05, 0) is 28.8 Å². The van der Waals surface area contributed by atoms with Crippen LogP contribution in [0.15, 0.2) is 18.7 Å². The van der Waals surface area contributed by atoms with E-state index in [2.05, 4.69) is 17.6 Å². The average molecular weight is 301 g/mol. The largest absolute Gasteiger partial charge is 0.465 e. The summed E-state index contributed by atoms with van der Waals surface area (Å²) in [6, 6.07) is 3.96. The van der Waals surface area contributed by atoms with Gasteiger partial charge in [0.2, 0.25) is 0 Å². The molecule has 102 valence electrons. The minimum atomic E-state index is -1.33. The summed E-state index contributed by atoms with van der Waals surface area (Å²) in [5.41, 5.74) is 7.75. The van der Waals surface area contributed by atoms with E-state index in [1.54, 1.807) is 0 Å². The van der Waals surface area contributed by atoms with Crippen LogP contribution in [0, 0.1) is 5.92 Å². The van der Waals surface area contributed by atoms with Gasteiger partial charge < -0.3 is 16.2 Å². The second kappa shape index (κ2) is 5.41. The fourth-order valence-corrected chi connectivity index (χ4v) is 3.05. The molecule has 6 heteroatoms. The summed E-state index contributed by atoms with van der Waals surface area (Å²) >= 11 is 12.1. The third-order valence-corrected chi connectivity index (χ3v) is 4.22. The van der Waals surface area contributed by atoms with E-state index in [0.29, 0.717) is 21.9 Å². The van der Waals surface area contributed by atoms with E-state index >= 15 is 0 Å². The quantitative estimate of drug-likeness (QED) is 0.689. The first-order valence-corrected chi connectivity index (χ1v) is 6.54. The highest BCUT2D eigenvalue weighted by molar-refractivity contribution is 6.42. The number of primary amides is 1. The number of benzene rings is 1. The van der Waals surface area contributed by atoms with Gasteiger partial charge in [-0.15, -0.1) is 0 Å². The molecule has 19 heavy (non-hydrogen) atoms. The molecule has 3 rings (SSSR count). The normalized spacial score (nSPS) is 23.4. The van der Waals surface area contributed by atoms with Gasteiger partial charge in [-0.2, -0.15) is 0 Å². The van der Waals surface area contributed by atoms with Crippen LogP contribution < -0.4 is 11.1 Å². The number of nitrogens with one attached hydrogen (secondary N) is 1. The predicted octanol–water partition coefficient (Wildman–Crippen LogP) is 2.95. The Morgan fingerprint density at radius 1 is 1.32 bits per heavy atom. The Bertz CT molecular complexity index is 542. The van der Waals surface area contributed by atoms with Crippen molar-refractivity contribution in [3.8, 4) is 0 Å². The Hall–Kier alpha value is -1.23. The first kappa shape index (κ1) is 14.2. The molecule has 0 spiro atoms. The van der Waals surface area contributed by atoms with Crippen LogP contribution in [0.25, 0.3) is 5.57 Å². The van der Waals surface area contributed by atoms with Gasteiger partial charge in [0.25, 0.3) is 0 Å². The SMILES string of the molecule is C=C1c2cc(Cl)c(Cl)cc2C2CNCC12.NC(=O)O. The summed E-state index contributed by atoms with van der Waals surface area (Å²) in [5, 5.41) is 11.9. The molecular weight excluding hydrogens is 287 g/mol. The number of fused-ring (bicyclic) bond motifs is 3. The van der Waals surface area contributed by atoms with Gasteiger partial charge in [0, 0.05) is 24.9 Å². The van der Waals surface area contributed by atoms with Crippen LogP contribution >= 0.6 is 23.2 Å². The van der Waals surface area contributed by atoms with Gasteiger partial charge in [0.15, 0.2) is 0 Å². The van der Waals surface area contributed by atoms with Crippen LogP contribution in [0.4, 0.5) is 4.79 Å². The van der Waals surface area contributed by atoms with Crippen molar-refractivity contribution in [3.05, 3.63) is 39.9 Å². The topological polar surface area (TPSA) is 75.3 Å². The number of rotatable bonds is 0. The lowest BCUT2D eigenvalue weighted by atomic mass is 9.95. The van der Waals surface area contributed by atoms with Crippen LogP contribution in [-0.4, -0.2) is 24.3 Å². The highest BCUT2D eigenvalue weighted by atomic mass is 35.5. The summed E-state index contributed by atoms with van der Waals surface area (Å²) in [6.45, 7) is 6.21. The Morgan fingerprint density at radius 3 is 2.47 bits per heavy atom. The Kier molecular flexibility index (Phi) is 4.04. The van der Waals surface area contributed by atoms with Gasteiger partial charge in [0.05, 0.1) is 10.0 Å². The lowest BCUT2D eigenvalue weighted by molar-refractivity contribution is 0.205. The molecule has 4 N–H and O–H groups in total. The molecule has 1 fully saturated rings. The lowest BCUT2D eigenvalue weighted by Gasteiger charge is -2.08. The van der Waals surface area contributed by atoms with Gasteiger partial charge in [-0.3, -0.25) is 0 Å². The predicted molar refractivity (Wildman–Crippen MR) is 76.8 cm³/mol. The molecule has 0 bridgehead atoms. The van der Waals surface area contributed by atoms with Gasteiger partial charge in [0.1, 0.15) is 0 Å². The smallest absolute Gasteiger partial charge is 0.402 e. The van der Waals surface area contributed by atoms with E-state index < -0.39 is 6.09 Å². The van der Waals surface area contributed by atoms with Crippen molar-refractivity contribution in [1.29, 1.82) is 0 Å². The molecule has 0 radical (unpaired) electrons. The van der Waals surface area contributed by atoms with Crippen LogP contribution in [0.5, 0.6) is 0 Å². The van der Waals surface area contributed by atoms with Gasteiger partial charge in [-0.1, -0.05) is 29.8 Å². The number of hydrogen-bond donors (Lipinski definition) is 3. The molecule has 1 aromatic rings. The van der Waals surface area contributed by atoms with Crippen molar-refractivity contribution in [2.45, 2.75) is 5.92 Å². The van der Waals surface area contributed by atoms with Crippen molar-refractivity contribution in [1.82, 2.24) is 5.32 Å². The molecule has 2 unspecified atom stereocenters. The van der Waals surface area contributed by atoms with Crippen LogP contribution in [0.1, 0.15) is 17.0 Å². The number of carbonyl (C=O) groups is 1. The first-order chi connectivity index (χ1) is 8.91. The minimum Gasteiger partial charge on any atom is -0.465 e. The Labute approximate surface area is 121 Å². The van der Waals surface area contributed by atoms with E-state index in [0.717, 1.165) is 13.1 Å². The third kappa shape index (κ3) is 2.71. The standard InChI is InChI=1S/C12H11Cl2N.CH3NO2/c1-6-7-2-11(13)12(14)3-8(7)10-5-15-4-9(6)10;2-1(3)4/h2-3,9-10,15H,1,4-5H2;2H2,(H,3,4). The maximum atomic E-state index is 8.78. The third-order valence-electron chi connectivity index (χ3n) is 3.50. The van der Waals surface area contributed by atoms with E-state index in [9.17, 15) is 0 Å². The molecule has 2 aliphatic rings. The molecule has 4 nitrogen and oxygen atoms in total. The lowest BCUT2D eigenvalue weighted by Crippen LogP contribution is -2.09. The molecule has 0 aromatic heterocycles. The van der Waals surface area contributed by atoms with Gasteiger partial charge in [-0.25, -0.2) is 4.79 Å². The van der Waals surface area contributed by atoms with Crippen molar-refractivity contribution >= 4 is 34.9 Å². The minimum absolute atomic E-state index is 0.537. The number of carboxylic acid groups (broad SMARTS) is 1. The van der Waals surface area contributed by atoms with Gasteiger partial charge >= 0.3 is 6.09 Å². The highest BCUT2D eigenvalue weighted by Crippen LogP contribution is 2.48. The van der Waals surface area contributed by atoms with Crippen LogP contribution in [0.2, 0.25) is 10.0 Å². The van der Waals surface area contributed by atoms with E-state index in [4.69, 9.17) is 33.1 Å². The number of nitrogens with two attached hydrogens (primary N) is 1. The Balaban J connectivity index is 0.000000297. The maximum Gasteiger partial charge on any atom is 0.402 e. The molecule has 2 atom stereocenters. The summed E-state index contributed by atoms with van der Waals surface area (Å²) in [5.74, 6) is 1.08. The van der Waals surface area contributed by atoms with E-state index in [1.807, 2.05) is 12.1 Å². The molecule has 1 aliphatic carbocycles. The molecule has 1 aromatic carbocycles. The molecule has 1 amide bonds. The zero-order valence-corrected chi connectivity index (χ0v) is 11.6. The van der Waals surface area contributed by atoms with Crippen LogP contribution in [0.3, 0.4) is 0 Å². The fraction of sp³-hybridized carbons (Fsp3) is 0.308. The summed E-state index contributed by atoms with van der Waals surface area (Å²) in [4.78, 5) is 8.78. The zero-order valence-electron chi connectivity index (χ0n) is 10.1. The number of halogens is 2. The van der Waals surface area contributed by atoms with Crippen molar-refractivity contribution in [2.75, 3.05) is 13.1 Å². The average Bonchev–Trinajstić information content (AvgIpc) is 2.86. The van der Waals surface area contributed by atoms with Crippen molar-refractivity contribution in [3.63, 3.8) is 0 Å². The summed E-state index contributed by atoms with van der Waals surface area (Å²) in [6.07, 6.45) is -1.33. The maximum absolute atomic E-state index is 8.78. The van der Waals surface area contributed by atoms with E-state index in [1.165, 1.54) is 16.7 Å². The zero-order chi connectivity index (χ0) is 14.2. The van der Waals surface area contributed by atoms with Crippen LogP contribution in [-0.2, 0) is 0 Å². The number of hydrogen-bond acceptors (Lipinski definition) is 2. The molecular formula is C13H14Cl2N2O2. The fourth-order valence-electron chi connectivity index (χ4n) is 2.72. The van der Waals surface area contributed by atoms with E-state index in [-0.39, 0.29) is 0 Å². The monoisotopic (exact) mass is 300 g/mol. The molecule has 1 heterocycles. The van der Waals surface area contributed by atoms with Crippen molar-refractivity contribution < 1.29 is 9.90 Å². The second-order valence-electron chi connectivity index (χ2n) is 4.59. The Morgan fingerprint density at radius 2 is 1.84 bits per heavy atom. The summed E-state index contributed by atoms with van der Waals surface area (Å²) < 4.78 is 0. The molecule has 1 saturated heterocycles. The number of amides is 1. The summed E-state index contributed by atoms with van der Waals surface area (Å²) in [7, 11) is 0. The molecule has 1 aliphatic heterocycles. The molecule has 0 saturated carbocycles. The second-order valence-corrected chi connectivity index (χ2v) is 5.40. The first-order valence-electron chi connectivity index (χ1n) is 5.79. The van der Waals surface area contributed by atoms with Crippen molar-refractivity contribution in [2.24, 2.45) is 11.7 Å².